The van der Waals surface area contributed by atoms with Crippen molar-refractivity contribution >= 4 is 40.3 Å². The second kappa shape index (κ2) is 7.16. The van der Waals surface area contributed by atoms with E-state index in [1.165, 1.54) is 12.1 Å². The third kappa shape index (κ3) is 3.51. The first kappa shape index (κ1) is 18.9. The molecule has 2 fully saturated rings. The highest BCUT2D eigenvalue weighted by Gasteiger charge is 2.44. The number of fused-ring (bicyclic) bond motifs is 1. The van der Waals surface area contributed by atoms with Crippen molar-refractivity contribution in [3.8, 4) is 0 Å². The van der Waals surface area contributed by atoms with Crippen LogP contribution in [-0.4, -0.2) is 40.6 Å². The zero-order chi connectivity index (χ0) is 20.7. The van der Waals surface area contributed by atoms with Gasteiger partial charge in [0.2, 0.25) is 17.7 Å². The number of rotatable bonds is 3. The van der Waals surface area contributed by atoms with Gasteiger partial charge >= 0.3 is 5.63 Å². The van der Waals surface area contributed by atoms with E-state index in [2.05, 4.69) is 10.6 Å². The Hall–Kier alpha value is -3.49. The summed E-state index contributed by atoms with van der Waals surface area (Å²) in [7, 11) is 0. The van der Waals surface area contributed by atoms with E-state index >= 15 is 0 Å². The molecule has 2 aliphatic heterocycles. The van der Waals surface area contributed by atoms with Gasteiger partial charge in [-0.3, -0.25) is 24.1 Å². The van der Waals surface area contributed by atoms with E-state index in [0.717, 1.165) is 15.8 Å². The molecule has 0 spiro atoms. The average molecular weight is 397 g/mol. The fourth-order valence-electron chi connectivity index (χ4n) is 3.80. The van der Waals surface area contributed by atoms with E-state index in [-0.39, 0.29) is 25.2 Å². The zero-order valence-electron chi connectivity index (χ0n) is 15.7. The number of nitrogens with one attached hydrogen (secondary N) is 2. The maximum atomic E-state index is 12.8. The minimum atomic E-state index is -0.951. The summed E-state index contributed by atoms with van der Waals surface area (Å²) >= 11 is 0. The Morgan fingerprint density at radius 3 is 2.66 bits per heavy atom. The van der Waals surface area contributed by atoms with Gasteiger partial charge in [0.1, 0.15) is 17.7 Å². The Morgan fingerprint density at radius 1 is 1.14 bits per heavy atom. The molecule has 2 aliphatic rings. The molecule has 2 saturated heterocycles. The number of aryl methyl sites for hydroxylation is 1. The van der Waals surface area contributed by atoms with Crippen LogP contribution in [-0.2, 0) is 19.2 Å². The highest BCUT2D eigenvalue weighted by Crippen LogP contribution is 2.25. The number of benzene rings is 1. The molecule has 9 heteroatoms. The highest BCUT2D eigenvalue weighted by atomic mass is 16.4. The molecule has 0 radical (unpaired) electrons. The van der Waals surface area contributed by atoms with Gasteiger partial charge in [0.05, 0.1) is 0 Å². The summed E-state index contributed by atoms with van der Waals surface area (Å²) in [6.45, 7) is 1.78. The third-order valence-corrected chi connectivity index (χ3v) is 5.26. The third-order valence-electron chi connectivity index (χ3n) is 5.26. The summed E-state index contributed by atoms with van der Waals surface area (Å²) in [4.78, 5) is 61.6. The molecular formula is C20H19N3O6. The number of hydrogen-bond donors (Lipinski definition) is 2. The molecule has 1 aromatic heterocycles. The van der Waals surface area contributed by atoms with Crippen LogP contribution in [0.15, 0.2) is 33.5 Å². The summed E-state index contributed by atoms with van der Waals surface area (Å²) in [6, 6.07) is 4.57. The van der Waals surface area contributed by atoms with E-state index in [9.17, 15) is 24.0 Å². The van der Waals surface area contributed by atoms with Gasteiger partial charge in [-0.25, -0.2) is 4.79 Å². The van der Waals surface area contributed by atoms with Crippen molar-refractivity contribution in [1.82, 2.24) is 10.2 Å². The summed E-state index contributed by atoms with van der Waals surface area (Å²) in [6.07, 6.45) is 0.810. The number of hydrogen-bond acceptors (Lipinski definition) is 6. The Bertz CT molecular complexity index is 1110. The van der Waals surface area contributed by atoms with Crippen LogP contribution in [0.4, 0.5) is 5.69 Å². The van der Waals surface area contributed by atoms with Gasteiger partial charge in [0.25, 0.3) is 5.91 Å². The molecule has 3 heterocycles. The van der Waals surface area contributed by atoms with Crippen molar-refractivity contribution in [3.05, 3.63) is 40.2 Å². The Morgan fingerprint density at radius 2 is 1.93 bits per heavy atom. The standard InChI is InChI=1S/C20H19N3O6/c1-10-8-18(26)29-15-9-11(2-3-12(10)15)21-19(27)14-5-7-17(25)23(14)20(28)13-4-6-16(24)22-13/h2-3,8-9,13-14H,4-7H2,1H3,(H,21,27)(H,22,24)/t13-,14?/m0/s1. The van der Waals surface area contributed by atoms with Gasteiger partial charge in [-0.15, -0.1) is 0 Å². The number of likely N-dealkylation sites (tertiary alicyclic amines) is 1. The molecule has 2 aromatic rings. The number of imide groups is 1. The molecule has 29 heavy (non-hydrogen) atoms. The molecular weight excluding hydrogens is 378 g/mol. The van der Waals surface area contributed by atoms with Gasteiger partial charge in [-0.2, -0.15) is 0 Å². The molecule has 0 aliphatic carbocycles. The average Bonchev–Trinajstić information content (AvgIpc) is 3.26. The lowest BCUT2D eigenvalue weighted by atomic mass is 10.1. The number of nitrogens with zero attached hydrogens (tertiary/aromatic N) is 1. The molecule has 2 atom stereocenters. The van der Waals surface area contributed by atoms with Crippen molar-refractivity contribution in [2.75, 3.05) is 5.32 Å². The van der Waals surface area contributed by atoms with E-state index in [0.29, 0.717) is 17.7 Å². The quantitative estimate of drug-likeness (QED) is 0.584. The predicted molar refractivity (Wildman–Crippen MR) is 102 cm³/mol. The van der Waals surface area contributed by atoms with Crippen LogP contribution in [0.5, 0.6) is 0 Å². The van der Waals surface area contributed by atoms with Crippen molar-refractivity contribution in [2.45, 2.75) is 44.7 Å². The Kier molecular flexibility index (Phi) is 4.65. The smallest absolute Gasteiger partial charge is 0.336 e. The van der Waals surface area contributed by atoms with Crippen LogP contribution in [0.1, 0.15) is 31.2 Å². The summed E-state index contributed by atoms with van der Waals surface area (Å²) in [5, 5.41) is 5.96. The maximum Gasteiger partial charge on any atom is 0.336 e. The Labute approximate surface area is 165 Å². The summed E-state index contributed by atoms with van der Waals surface area (Å²) in [5.74, 6) is -1.75. The van der Waals surface area contributed by atoms with E-state index in [1.54, 1.807) is 19.1 Å². The van der Waals surface area contributed by atoms with Gasteiger partial charge in [-0.1, -0.05) is 0 Å². The molecule has 150 valence electrons. The first-order valence-corrected chi connectivity index (χ1v) is 9.34. The molecule has 1 aromatic carbocycles. The van der Waals surface area contributed by atoms with Crippen LogP contribution < -0.4 is 16.3 Å². The lowest BCUT2D eigenvalue weighted by molar-refractivity contribution is -0.148. The molecule has 1 unspecified atom stereocenters. The summed E-state index contributed by atoms with van der Waals surface area (Å²) < 4.78 is 5.18. The van der Waals surface area contributed by atoms with Crippen LogP contribution in [0.3, 0.4) is 0 Å². The van der Waals surface area contributed by atoms with Crippen molar-refractivity contribution in [2.24, 2.45) is 0 Å². The van der Waals surface area contributed by atoms with Gasteiger partial charge in [0, 0.05) is 36.0 Å². The first-order valence-electron chi connectivity index (χ1n) is 9.34. The van der Waals surface area contributed by atoms with E-state index in [4.69, 9.17) is 4.42 Å². The lowest BCUT2D eigenvalue weighted by Gasteiger charge is -2.25. The van der Waals surface area contributed by atoms with Gasteiger partial charge in [0.15, 0.2) is 0 Å². The monoisotopic (exact) mass is 397 g/mol. The molecule has 0 bridgehead atoms. The lowest BCUT2D eigenvalue weighted by Crippen LogP contribution is -2.51. The minimum absolute atomic E-state index is 0.0796. The topological polar surface area (TPSA) is 126 Å². The molecule has 2 N–H and O–H groups in total. The molecule has 4 rings (SSSR count). The van der Waals surface area contributed by atoms with E-state index < -0.39 is 35.4 Å². The minimum Gasteiger partial charge on any atom is -0.423 e. The van der Waals surface area contributed by atoms with Crippen molar-refractivity contribution < 1.29 is 23.6 Å². The normalized spacial score (nSPS) is 21.5. The summed E-state index contributed by atoms with van der Waals surface area (Å²) in [5.41, 5.74) is 0.982. The molecule has 0 saturated carbocycles. The van der Waals surface area contributed by atoms with Gasteiger partial charge < -0.3 is 15.1 Å². The predicted octanol–water partition coefficient (Wildman–Crippen LogP) is 0.836. The van der Waals surface area contributed by atoms with Crippen LogP contribution in [0.25, 0.3) is 11.0 Å². The van der Waals surface area contributed by atoms with Crippen LogP contribution in [0.2, 0.25) is 0 Å². The van der Waals surface area contributed by atoms with Gasteiger partial charge in [-0.05, 0) is 37.5 Å². The maximum absolute atomic E-state index is 12.8. The first-order chi connectivity index (χ1) is 13.8. The molecule has 4 amide bonds. The Balaban J connectivity index is 1.55. The number of carbonyl (C=O) groups is 4. The van der Waals surface area contributed by atoms with Crippen molar-refractivity contribution in [3.63, 3.8) is 0 Å². The van der Waals surface area contributed by atoms with E-state index in [1.807, 2.05) is 0 Å². The fourth-order valence-corrected chi connectivity index (χ4v) is 3.80. The second-order valence-electron chi connectivity index (χ2n) is 7.26. The van der Waals surface area contributed by atoms with Crippen LogP contribution >= 0.6 is 0 Å². The second-order valence-corrected chi connectivity index (χ2v) is 7.26. The highest BCUT2D eigenvalue weighted by molar-refractivity contribution is 6.08. The van der Waals surface area contributed by atoms with Crippen molar-refractivity contribution in [1.29, 1.82) is 0 Å². The fraction of sp³-hybridized carbons (Fsp3) is 0.350. The number of anilines is 1. The SMILES string of the molecule is Cc1cc(=O)oc2cc(NC(=O)C3CCC(=O)N3C(=O)[C@@H]3CCC(=O)N3)ccc12. The largest absolute Gasteiger partial charge is 0.423 e. The number of carbonyl (C=O) groups excluding carboxylic acids is 4. The van der Waals surface area contributed by atoms with Crippen LogP contribution in [0, 0.1) is 6.92 Å². The molecule has 9 nitrogen and oxygen atoms in total. The number of amides is 4. The zero-order valence-corrected chi connectivity index (χ0v) is 15.7.